The number of thiol groups is 1. The third-order valence-electron chi connectivity index (χ3n) is 0.822. The monoisotopic (exact) mass is 147 g/mol. The summed E-state index contributed by atoms with van der Waals surface area (Å²) in [4.78, 5) is 0. The summed E-state index contributed by atoms with van der Waals surface area (Å²) in [5.41, 5.74) is 5.32. The highest BCUT2D eigenvalue weighted by Gasteiger charge is 2.01. The van der Waals surface area contributed by atoms with Crippen LogP contribution in [0.15, 0.2) is 11.2 Å². The van der Waals surface area contributed by atoms with Crippen LogP contribution < -0.4 is 5.73 Å². The van der Waals surface area contributed by atoms with E-state index in [1.165, 1.54) is 6.20 Å². The Labute approximate surface area is 52.8 Å². The molecule has 1 aromatic heterocycles. The largest absolute Gasteiger partial charge is 0.395 e. The predicted molar refractivity (Wildman–Crippen MR) is 31.6 cm³/mol. The van der Waals surface area contributed by atoms with Gasteiger partial charge in [0, 0.05) is 6.20 Å². The van der Waals surface area contributed by atoms with Crippen LogP contribution in [0.4, 0.5) is 5.69 Å². The first-order valence-electron chi connectivity index (χ1n) is 2.15. The summed E-state index contributed by atoms with van der Waals surface area (Å²) in [6, 6.07) is 0. The average Bonchev–Trinajstić information content (AvgIpc) is 2.13. The third-order valence-corrected chi connectivity index (χ3v) is 1.53. The summed E-state index contributed by atoms with van der Waals surface area (Å²) in [5, 5.41) is 5.60. The van der Waals surface area contributed by atoms with Gasteiger partial charge in [-0.2, -0.15) is 5.10 Å². The molecule has 0 spiro atoms. The van der Waals surface area contributed by atoms with E-state index in [1.807, 2.05) is 0 Å². The molecule has 0 saturated heterocycles. The standard InChI is InChI=1S/C3H5N3O2S/c4-2-1-5-6-3(2)9(7)8/h1,9H,4H2,(H,5,6). The summed E-state index contributed by atoms with van der Waals surface area (Å²) in [6.07, 6.45) is 1.32. The van der Waals surface area contributed by atoms with E-state index in [0.717, 1.165) is 0 Å². The molecule has 0 aromatic carbocycles. The lowest BCUT2D eigenvalue weighted by atomic mass is 10.6. The maximum Gasteiger partial charge on any atom is 0.196 e. The van der Waals surface area contributed by atoms with Crippen LogP contribution in [0.5, 0.6) is 0 Å². The van der Waals surface area contributed by atoms with Crippen LogP contribution in [0.2, 0.25) is 0 Å². The second-order valence-electron chi connectivity index (χ2n) is 1.42. The van der Waals surface area contributed by atoms with Crippen molar-refractivity contribution in [2.75, 3.05) is 5.73 Å². The summed E-state index contributed by atoms with van der Waals surface area (Å²) in [6.45, 7) is 0. The topological polar surface area (TPSA) is 88.8 Å². The highest BCUT2D eigenvalue weighted by molar-refractivity contribution is 7.72. The highest BCUT2D eigenvalue weighted by Crippen LogP contribution is 2.05. The molecule has 0 atom stereocenters. The van der Waals surface area contributed by atoms with E-state index in [-0.39, 0.29) is 10.7 Å². The van der Waals surface area contributed by atoms with Gasteiger partial charge in [0.25, 0.3) is 0 Å². The van der Waals surface area contributed by atoms with Crippen LogP contribution in [0.25, 0.3) is 0 Å². The Balaban J connectivity index is 3.23. The van der Waals surface area contributed by atoms with Gasteiger partial charge in [-0.3, -0.25) is 5.10 Å². The lowest BCUT2D eigenvalue weighted by molar-refractivity contribution is 0.611. The first-order valence-corrected chi connectivity index (χ1v) is 3.33. The van der Waals surface area contributed by atoms with E-state index < -0.39 is 10.7 Å². The molecule has 3 N–H and O–H groups in total. The van der Waals surface area contributed by atoms with Crippen molar-refractivity contribution < 1.29 is 8.42 Å². The second-order valence-corrected chi connectivity index (χ2v) is 2.36. The molecular formula is C3H5N3O2S. The fourth-order valence-electron chi connectivity index (χ4n) is 0.438. The van der Waals surface area contributed by atoms with E-state index in [2.05, 4.69) is 10.2 Å². The van der Waals surface area contributed by atoms with Gasteiger partial charge in [-0.1, -0.05) is 0 Å². The fraction of sp³-hybridized carbons (Fsp3) is 0. The van der Waals surface area contributed by atoms with Crippen LogP contribution in [0.3, 0.4) is 0 Å². The number of nitrogen functional groups attached to an aromatic ring is 1. The minimum absolute atomic E-state index is 0.0926. The highest BCUT2D eigenvalue weighted by atomic mass is 32.2. The number of nitrogens with two attached hydrogens (primary N) is 1. The lowest BCUT2D eigenvalue weighted by Gasteiger charge is -1.79. The van der Waals surface area contributed by atoms with E-state index in [0.29, 0.717) is 0 Å². The average molecular weight is 147 g/mol. The Morgan fingerprint density at radius 2 is 2.33 bits per heavy atom. The first kappa shape index (κ1) is 6.09. The second kappa shape index (κ2) is 2.06. The third kappa shape index (κ3) is 1.02. The lowest BCUT2D eigenvalue weighted by Crippen LogP contribution is -1.87. The molecule has 0 aliphatic carbocycles. The maximum atomic E-state index is 10.2. The number of nitrogens with one attached hydrogen (secondary N) is 1. The van der Waals surface area contributed by atoms with Gasteiger partial charge >= 0.3 is 0 Å². The molecule has 50 valence electrons. The zero-order valence-corrected chi connectivity index (χ0v) is 5.26. The first-order chi connectivity index (χ1) is 4.22. The predicted octanol–water partition coefficient (Wildman–Crippen LogP) is -1.04. The van der Waals surface area contributed by atoms with Crippen molar-refractivity contribution in [3.63, 3.8) is 0 Å². The molecular weight excluding hydrogens is 142 g/mol. The van der Waals surface area contributed by atoms with Crippen molar-refractivity contribution in [2.24, 2.45) is 0 Å². The summed E-state index contributed by atoms with van der Waals surface area (Å²) in [5.74, 6) is 0. The van der Waals surface area contributed by atoms with Gasteiger partial charge in [-0.25, -0.2) is 8.42 Å². The van der Waals surface area contributed by atoms with E-state index in [4.69, 9.17) is 5.73 Å². The van der Waals surface area contributed by atoms with Crippen molar-refractivity contribution in [1.82, 2.24) is 10.2 Å². The zero-order chi connectivity index (χ0) is 6.85. The summed E-state index contributed by atoms with van der Waals surface area (Å²) < 4.78 is 20.3. The molecule has 0 saturated carbocycles. The van der Waals surface area contributed by atoms with E-state index in [9.17, 15) is 8.42 Å². The Morgan fingerprint density at radius 1 is 1.67 bits per heavy atom. The fourth-order valence-corrected chi connectivity index (χ4v) is 0.853. The number of rotatable bonds is 1. The number of nitrogens with zero attached hydrogens (tertiary/aromatic N) is 1. The maximum absolute atomic E-state index is 10.2. The van der Waals surface area contributed by atoms with Crippen molar-refractivity contribution in [2.45, 2.75) is 5.03 Å². The summed E-state index contributed by atoms with van der Waals surface area (Å²) >= 11 is 0. The quantitative estimate of drug-likeness (QED) is 0.443. The van der Waals surface area contributed by atoms with Crippen LogP contribution in [-0.4, -0.2) is 18.6 Å². The van der Waals surface area contributed by atoms with Crippen molar-refractivity contribution in [3.8, 4) is 0 Å². The Bertz CT molecular complexity index is 268. The molecule has 9 heavy (non-hydrogen) atoms. The number of hydrogen-bond acceptors (Lipinski definition) is 4. The molecule has 0 amide bonds. The van der Waals surface area contributed by atoms with Gasteiger partial charge in [0.1, 0.15) is 0 Å². The Kier molecular flexibility index (Phi) is 1.39. The van der Waals surface area contributed by atoms with E-state index >= 15 is 0 Å². The Morgan fingerprint density at radius 3 is 2.56 bits per heavy atom. The molecule has 1 heterocycles. The van der Waals surface area contributed by atoms with E-state index in [1.54, 1.807) is 0 Å². The van der Waals surface area contributed by atoms with Crippen molar-refractivity contribution in [1.29, 1.82) is 0 Å². The normalized spacial score (nSPS) is 10.3. The number of aromatic amines is 1. The van der Waals surface area contributed by atoms with Crippen LogP contribution >= 0.6 is 0 Å². The minimum atomic E-state index is -2.65. The molecule has 0 fully saturated rings. The van der Waals surface area contributed by atoms with Gasteiger partial charge in [-0.15, -0.1) is 0 Å². The van der Waals surface area contributed by atoms with Gasteiger partial charge in [-0.05, 0) is 0 Å². The zero-order valence-electron chi connectivity index (χ0n) is 4.37. The molecule has 5 nitrogen and oxygen atoms in total. The molecule has 1 aromatic rings. The number of H-pyrrole nitrogens is 1. The molecule has 0 aliphatic rings. The van der Waals surface area contributed by atoms with Gasteiger partial charge in [0.2, 0.25) is 0 Å². The Hall–Kier alpha value is -1.04. The van der Waals surface area contributed by atoms with Gasteiger partial charge in [0.15, 0.2) is 15.7 Å². The van der Waals surface area contributed by atoms with Crippen LogP contribution in [-0.2, 0) is 10.7 Å². The molecule has 0 radical (unpaired) electrons. The number of aromatic nitrogens is 2. The van der Waals surface area contributed by atoms with Crippen LogP contribution in [0.1, 0.15) is 0 Å². The number of anilines is 1. The van der Waals surface area contributed by atoms with Crippen molar-refractivity contribution in [3.05, 3.63) is 6.20 Å². The molecule has 1 rings (SSSR count). The molecule has 0 unspecified atom stereocenters. The smallest absolute Gasteiger partial charge is 0.196 e. The SMILES string of the molecule is Nc1c[nH]nc1[SH](=O)=O. The molecule has 0 bridgehead atoms. The van der Waals surface area contributed by atoms with Crippen molar-refractivity contribution >= 4 is 16.4 Å². The van der Waals surface area contributed by atoms with Gasteiger partial charge in [0.05, 0.1) is 5.69 Å². The molecule has 0 aliphatic heterocycles. The number of hydrogen-bond donors (Lipinski definition) is 3. The van der Waals surface area contributed by atoms with Crippen LogP contribution in [0, 0.1) is 0 Å². The minimum Gasteiger partial charge on any atom is -0.395 e. The molecule has 6 heteroatoms. The summed E-state index contributed by atoms with van der Waals surface area (Å²) in [7, 11) is -2.65. The van der Waals surface area contributed by atoms with Gasteiger partial charge < -0.3 is 5.73 Å².